The highest BCUT2D eigenvalue weighted by atomic mass is 16.3. The standard InChI is InChI=1S/C23H28O/c1-5-16-13-15(3)14-17-7-8-18-19(21(16)17)9-11-22(4)20(18)10-12-23(22,24)6-2/h1-2,14,16,18-21,24H,3,7-13H2,4H3/t16?,18-,19+,20+,21+,22+,23+/m1/s1. The lowest BCUT2D eigenvalue weighted by atomic mass is 9.49. The Balaban J connectivity index is 1.69. The number of hydrogen-bond donors (Lipinski definition) is 1. The molecule has 1 nitrogen and oxygen atoms in total. The van der Waals surface area contributed by atoms with Crippen LogP contribution in [0.15, 0.2) is 23.8 Å². The van der Waals surface area contributed by atoms with Crippen molar-refractivity contribution in [1.29, 1.82) is 0 Å². The molecule has 0 saturated heterocycles. The highest BCUT2D eigenvalue weighted by Crippen LogP contribution is 2.65. The Kier molecular flexibility index (Phi) is 3.53. The molecule has 0 aromatic rings. The van der Waals surface area contributed by atoms with E-state index < -0.39 is 5.60 Å². The van der Waals surface area contributed by atoms with Gasteiger partial charge < -0.3 is 5.11 Å². The Morgan fingerprint density at radius 2 is 2.00 bits per heavy atom. The molecular formula is C23H28O. The first kappa shape index (κ1) is 16.1. The Hall–Kier alpha value is -1.44. The Bertz CT molecular complexity index is 686. The summed E-state index contributed by atoms with van der Waals surface area (Å²) in [5.41, 5.74) is 1.72. The van der Waals surface area contributed by atoms with E-state index >= 15 is 0 Å². The Morgan fingerprint density at radius 3 is 2.71 bits per heavy atom. The number of allylic oxidation sites excluding steroid dienone is 3. The van der Waals surface area contributed by atoms with E-state index in [4.69, 9.17) is 12.8 Å². The number of hydrogen-bond acceptors (Lipinski definition) is 1. The minimum Gasteiger partial charge on any atom is -0.377 e. The van der Waals surface area contributed by atoms with Crippen LogP contribution in [0.2, 0.25) is 0 Å². The summed E-state index contributed by atoms with van der Waals surface area (Å²) >= 11 is 0. The molecule has 3 fully saturated rings. The predicted molar refractivity (Wildman–Crippen MR) is 97.7 cm³/mol. The first-order valence-electron chi connectivity index (χ1n) is 9.48. The van der Waals surface area contributed by atoms with Crippen molar-refractivity contribution in [2.75, 3.05) is 0 Å². The maximum absolute atomic E-state index is 11.0. The molecule has 0 spiro atoms. The van der Waals surface area contributed by atoms with Crippen LogP contribution in [-0.2, 0) is 0 Å². The van der Waals surface area contributed by atoms with Crippen molar-refractivity contribution in [3.8, 4) is 24.7 Å². The fraction of sp³-hybridized carbons (Fsp3) is 0.652. The molecule has 1 heteroatoms. The van der Waals surface area contributed by atoms with Crippen LogP contribution in [0.4, 0.5) is 0 Å². The van der Waals surface area contributed by atoms with Crippen LogP contribution in [0, 0.1) is 59.7 Å². The molecule has 4 aliphatic rings. The summed E-state index contributed by atoms with van der Waals surface area (Å²) in [6, 6.07) is 0. The fourth-order valence-electron chi connectivity index (χ4n) is 6.82. The zero-order chi connectivity index (χ0) is 17.1. The van der Waals surface area contributed by atoms with Gasteiger partial charge in [0.15, 0.2) is 0 Å². The van der Waals surface area contributed by atoms with Crippen molar-refractivity contribution in [2.45, 2.75) is 57.5 Å². The first-order chi connectivity index (χ1) is 11.4. The van der Waals surface area contributed by atoms with Crippen molar-refractivity contribution >= 4 is 0 Å². The van der Waals surface area contributed by atoms with Gasteiger partial charge in [0.2, 0.25) is 0 Å². The molecule has 4 rings (SSSR count). The van der Waals surface area contributed by atoms with E-state index in [0.717, 1.165) is 38.5 Å². The van der Waals surface area contributed by atoms with Crippen molar-refractivity contribution in [2.24, 2.45) is 35.0 Å². The van der Waals surface area contributed by atoms with Gasteiger partial charge in [-0.3, -0.25) is 0 Å². The smallest absolute Gasteiger partial charge is 0.130 e. The molecule has 0 heterocycles. The van der Waals surface area contributed by atoms with Gasteiger partial charge in [-0.05, 0) is 68.6 Å². The van der Waals surface area contributed by atoms with Crippen molar-refractivity contribution in [3.63, 3.8) is 0 Å². The van der Waals surface area contributed by atoms with Gasteiger partial charge >= 0.3 is 0 Å². The zero-order valence-electron chi connectivity index (χ0n) is 14.7. The maximum Gasteiger partial charge on any atom is 0.130 e. The molecule has 0 amide bonds. The van der Waals surface area contributed by atoms with E-state index in [2.05, 4.69) is 31.4 Å². The van der Waals surface area contributed by atoms with Gasteiger partial charge in [0.05, 0.1) is 0 Å². The summed E-state index contributed by atoms with van der Waals surface area (Å²) < 4.78 is 0. The van der Waals surface area contributed by atoms with Gasteiger partial charge in [-0.2, -0.15) is 0 Å². The van der Waals surface area contributed by atoms with E-state index in [1.165, 1.54) is 12.0 Å². The van der Waals surface area contributed by atoms with Gasteiger partial charge in [-0.25, -0.2) is 0 Å². The summed E-state index contributed by atoms with van der Waals surface area (Å²) in [6.07, 6.45) is 21.3. The van der Waals surface area contributed by atoms with Crippen LogP contribution in [0.5, 0.6) is 0 Å². The van der Waals surface area contributed by atoms with Crippen LogP contribution in [0.1, 0.15) is 51.9 Å². The summed E-state index contributed by atoms with van der Waals surface area (Å²) in [5, 5.41) is 11.0. The van der Waals surface area contributed by atoms with E-state index in [1.54, 1.807) is 5.57 Å². The molecule has 7 atom stereocenters. The third kappa shape index (κ3) is 1.95. The number of terminal acetylenes is 2. The van der Waals surface area contributed by atoms with Crippen LogP contribution >= 0.6 is 0 Å². The van der Waals surface area contributed by atoms with E-state index in [9.17, 15) is 5.11 Å². The van der Waals surface area contributed by atoms with Gasteiger partial charge in [0.25, 0.3) is 0 Å². The molecule has 0 aliphatic heterocycles. The van der Waals surface area contributed by atoms with E-state index in [1.807, 2.05) is 0 Å². The Labute approximate surface area is 146 Å². The molecule has 0 aromatic carbocycles. The van der Waals surface area contributed by atoms with Gasteiger partial charge in [-0.1, -0.05) is 36.6 Å². The molecule has 0 radical (unpaired) electrons. The fourth-order valence-corrected chi connectivity index (χ4v) is 6.82. The van der Waals surface area contributed by atoms with Crippen molar-refractivity contribution in [1.82, 2.24) is 0 Å². The first-order valence-corrected chi connectivity index (χ1v) is 9.48. The summed E-state index contributed by atoms with van der Waals surface area (Å²) in [4.78, 5) is 0. The minimum absolute atomic E-state index is 0.117. The molecule has 126 valence electrons. The highest BCUT2D eigenvalue weighted by Gasteiger charge is 2.62. The molecule has 1 unspecified atom stereocenters. The van der Waals surface area contributed by atoms with Gasteiger partial charge in [0.1, 0.15) is 5.60 Å². The second-order valence-electron chi connectivity index (χ2n) is 8.85. The van der Waals surface area contributed by atoms with Crippen LogP contribution in [0.3, 0.4) is 0 Å². The third-order valence-electron chi connectivity index (χ3n) is 8.06. The quantitative estimate of drug-likeness (QED) is 0.658. The lowest BCUT2D eigenvalue weighted by molar-refractivity contribution is -0.0876. The second kappa shape index (κ2) is 5.28. The highest BCUT2D eigenvalue weighted by molar-refractivity contribution is 5.34. The maximum atomic E-state index is 11.0. The topological polar surface area (TPSA) is 20.2 Å². The average molecular weight is 320 g/mol. The summed E-state index contributed by atoms with van der Waals surface area (Å²) in [6.45, 7) is 6.42. The van der Waals surface area contributed by atoms with Crippen molar-refractivity contribution < 1.29 is 5.11 Å². The number of rotatable bonds is 0. The molecule has 0 aromatic heterocycles. The normalized spacial score (nSPS) is 49.9. The zero-order valence-corrected chi connectivity index (χ0v) is 14.7. The Morgan fingerprint density at radius 1 is 1.21 bits per heavy atom. The lowest BCUT2D eigenvalue weighted by Gasteiger charge is -2.55. The van der Waals surface area contributed by atoms with Crippen LogP contribution in [-0.4, -0.2) is 10.7 Å². The molecular weight excluding hydrogens is 292 g/mol. The molecule has 4 aliphatic carbocycles. The van der Waals surface area contributed by atoms with Gasteiger partial charge in [-0.15, -0.1) is 18.8 Å². The van der Waals surface area contributed by atoms with Crippen molar-refractivity contribution in [3.05, 3.63) is 23.8 Å². The summed E-state index contributed by atoms with van der Waals surface area (Å²) in [7, 11) is 0. The largest absolute Gasteiger partial charge is 0.377 e. The average Bonchev–Trinajstić information content (AvgIpc) is 2.85. The van der Waals surface area contributed by atoms with Crippen LogP contribution < -0.4 is 0 Å². The van der Waals surface area contributed by atoms with Crippen LogP contribution in [0.25, 0.3) is 0 Å². The number of fused-ring (bicyclic) bond motifs is 5. The molecule has 0 bridgehead atoms. The van der Waals surface area contributed by atoms with E-state index in [-0.39, 0.29) is 5.41 Å². The monoisotopic (exact) mass is 320 g/mol. The second-order valence-corrected chi connectivity index (χ2v) is 8.85. The van der Waals surface area contributed by atoms with Gasteiger partial charge in [0, 0.05) is 11.3 Å². The molecule has 3 saturated carbocycles. The number of aliphatic hydroxyl groups is 1. The summed E-state index contributed by atoms with van der Waals surface area (Å²) in [5.74, 6) is 8.55. The lowest BCUT2D eigenvalue weighted by Crippen LogP contribution is -2.52. The molecule has 1 N–H and O–H groups in total. The predicted octanol–water partition coefficient (Wildman–Crippen LogP) is 4.34. The van der Waals surface area contributed by atoms with E-state index in [0.29, 0.717) is 29.6 Å². The third-order valence-corrected chi connectivity index (χ3v) is 8.06. The minimum atomic E-state index is -0.912. The SMILES string of the molecule is C#CC1CC(=C)C=C2CC[C@@H]3[C@H](CC[C@@]4(C)[C@H]3CC[C@@]4(O)C#C)[C@H]21. The molecule has 24 heavy (non-hydrogen) atoms.